The number of nitriles is 1. The van der Waals surface area contributed by atoms with E-state index in [1.165, 1.54) is 6.07 Å². The minimum absolute atomic E-state index is 0.266. The Labute approximate surface area is 146 Å². The highest BCUT2D eigenvalue weighted by atomic mass is 19.1. The molecule has 0 atom stereocenters. The van der Waals surface area contributed by atoms with E-state index < -0.39 is 5.82 Å². The standard InChI is InChI=1S/C17H22FN5O2/c1-3-25-17(24)23-8-6-22(7-9-23)16(20-2)21-12-14-5-4-13(11-19)10-15(14)18/h4-5,10H,3,6-9,12H2,1-2H3,(H,20,21). The van der Waals surface area contributed by atoms with Gasteiger partial charge in [0.2, 0.25) is 0 Å². The van der Waals surface area contributed by atoms with Gasteiger partial charge in [0.05, 0.1) is 18.2 Å². The smallest absolute Gasteiger partial charge is 0.409 e. The summed E-state index contributed by atoms with van der Waals surface area (Å²) in [5.41, 5.74) is 0.756. The Morgan fingerprint density at radius 3 is 2.60 bits per heavy atom. The van der Waals surface area contributed by atoms with Crippen LogP contribution in [0.5, 0.6) is 0 Å². The third kappa shape index (κ3) is 4.83. The molecule has 1 aromatic carbocycles. The second kappa shape index (κ2) is 8.87. The largest absolute Gasteiger partial charge is 0.450 e. The molecule has 0 aromatic heterocycles. The molecule has 1 N–H and O–H groups in total. The van der Waals surface area contributed by atoms with Crippen LogP contribution in [0.3, 0.4) is 0 Å². The number of hydrogen-bond donors (Lipinski definition) is 1. The Bertz CT molecular complexity index is 678. The van der Waals surface area contributed by atoms with Gasteiger partial charge in [-0.2, -0.15) is 5.26 Å². The quantitative estimate of drug-likeness (QED) is 0.663. The molecular weight excluding hydrogens is 325 g/mol. The van der Waals surface area contributed by atoms with Crippen LogP contribution >= 0.6 is 0 Å². The van der Waals surface area contributed by atoms with E-state index in [9.17, 15) is 9.18 Å². The van der Waals surface area contributed by atoms with Crippen LogP contribution in [-0.4, -0.2) is 61.7 Å². The molecule has 0 bridgehead atoms. The van der Waals surface area contributed by atoms with Gasteiger partial charge in [0.25, 0.3) is 0 Å². The van der Waals surface area contributed by atoms with Crippen molar-refractivity contribution in [3.63, 3.8) is 0 Å². The van der Waals surface area contributed by atoms with Crippen LogP contribution < -0.4 is 5.32 Å². The second-order valence-electron chi connectivity index (χ2n) is 5.49. The lowest BCUT2D eigenvalue weighted by atomic mass is 10.1. The fourth-order valence-corrected chi connectivity index (χ4v) is 2.58. The summed E-state index contributed by atoms with van der Waals surface area (Å²) in [6, 6.07) is 6.30. The number of benzene rings is 1. The molecule has 134 valence electrons. The molecule has 0 spiro atoms. The molecule has 0 unspecified atom stereocenters. The Kier molecular flexibility index (Phi) is 6.57. The maximum Gasteiger partial charge on any atom is 0.409 e. The Balaban J connectivity index is 1.90. The van der Waals surface area contributed by atoms with Gasteiger partial charge < -0.3 is 19.9 Å². The molecule has 0 radical (unpaired) electrons. The minimum atomic E-state index is -0.422. The zero-order valence-electron chi connectivity index (χ0n) is 14.5. The van der Waals surface area contributed by atoms with Crippen LogP contribution in [-0.2, 0) is 11.3 Å². The summed E-state index contributed by atoms with van der Waals surface area (Å²) in [4.78, 5) is 19.6. The van der Waals surface area contributed by atoms with Crippen LogP contribution in [0.2, 0.25) is 0 Å². The first-order valence-corrected chi connectivity index (χ1v) is 8.14. The van der Waals surface area contributed by atoms with Crippen LogP contribution in [0.1, 0.15) is 18.1 Å². The fraction of sp³-hybridized carbons (Fsp3) is 0.471. The highest BCUT2D eigenvalue weighted by Gasteiger charge is 2.23. The van der Waals surface area contributed by atoms with E-state index in [2.05, 4.69) is 10.3 Å². The highest BCUT2D eigenvalue weighted by Crippen LogP contribution is 2.10. The molecule has 1 aliphatic rings. The van der Waals surface area contributed by atoms with E-state index in [1.807, 2.05) is 11.0 Å². The average Bonchev–Trinajstić information content (AvgIpc) is 2.64. The van der Waals surface area contributed by atoms with Crippen LogP contribution in [0.25, 0.3) is 0 Å². The van der Waals surface area contributed by atoms with Crippen molar-refractivity contribution in [2.45, 2.75) is 13.5 Å². The average molecular weight is 347 g/mol. The lowest BCUT2D eigenvalue weighted by Gasteiger charge is -2.35. The van der Waals surface area contributed by atoms with Gasteiger partial charge in [0.1, 0.15) is 5.82 Å². The SMILES string of the molecule is CCOC(=O)N1CCN(C(=NC)NCc2ccc(C#N)cc2F)CC1. The molecule has 25 heavy (non-hydrogen) atoms. The highest BCUT2D eigenvalue weighted by molar-refractivity contribution is 5.80. The summed E-state index contributed by atoms with van der Waals surface area (Å²) >= 11 is 0. The van der Waals surface area contributed by atoms with Gasteiger partial charge in [0.15, 0.2) is 5.96 Å². The number of piperazine rings is 1. The van der Waals surface area contributed by atoms with Gasteiger partial charge in [-0.25, -0.2) is 9.18 Å². The van der Waals surface area contributed by atoms with Crippen molar-refractivity contribution in [3.05, 3.63) is 35.1 Å². The lowest BCUT2D eigenvalue weighted by Crippen LogP contribution is -2.53. The lowest BCUT2D eigenvalue weighted by molar-refractivity contribution is 0.0914. The minimum Gasteiger partial charge on any atom is -0.450 e. The zero-order valence-corrected chi connectivity index (χ0v) is 14.5. The predicted octanol–water partition coefficient (Wildman–Crippen LogP) is 1.55. The van der Waals surface area contributed by atoms with Crippen molar-refractivity contribution in [1.82, 2.24) is 15.1 Å². The topological polar surface area (TPSA) is 81.0 Å². The van der Waals surface area contributed by atoms with Gasteiger partial charge in [-0.05, 0) is 19.1 Å². The molecule has 0 saturated carbocycles. The maximum absolute atomic E-state index is 13.9. The third-order valence-electron chi connectivity index (χ3n) is 3.94. The molecule has 1 saturated heterocycles. The molecule has 1 fully saturated rings. The monoisotopic (exact) mass is 347 g/mol. The Hall–Kier alpha value is -2.82. The summed E-state index contributed by atoms with van der Waals surface area (Å²) in [6.07, 6.45) is -0.301. The number of guanidine groups is 1. The summed E-state index contributed by atoms with van der Waals surface area (Å²) in [5.74, 6) is 0.224. The number of halogens is 1. The molecule has 1 heterocycles. The summed E-state index contributed by atoms with van der Waals surface area (Å²) in [6.45, 7) is 4.74. The van der Waals surface area contributed by atoms with Gasteiger partial charge in [-0.3, -0.25) is 4.99 Å². The molecule has 2 rings (SSSR count). The van der Waals surface area contributed by atoms with Crippen molar-refractivity contribution in [3.8, 4) is 6.07 Å². The van der Waals surface area contributed by atoms with Crippen LogP contribution in [0, 0.1) is 17.1 Å². The van der Waals surface area contributed by atoms with Gasteiger partial charge in [-0.15, -0.1) is 0 Å². The summed E-state index contributed by atoms with van der Waals surface area (Å²) in [7, 11) is 1.66. The van der Waals surface area contributed by atoms with E-state index in [-0.39, 0.29) is 12.6 Å². The molecule has 1 amide bonds. The van der Waals surface area contributed by atoms with Crippen molar-refractivity contribution >= 4 is 12.1 Å². The first-order valence-electron chi connectivity index (χ1n) is 8.14. The molecule has 8 heteroatoms. The van der Waals surface area contributed by atoms with E-state index in [4.69, 9.17) is 10.00 Å². The van der Waals surface area contributed by atoms with Gasteiger partial charge >= 0.3 is 6.09 Å². The van der Waals surface area contributed by atoms with E-state index in [0.717, 1.165) is 0 Å². The number of nitrogens with zero attached hydrogens (tertiary/aromatic N) is 4. The van der Waals surface area contributed by atoms with Gasteiger partial charge in [-0.1, -0.05) is 6.07 Å². The normalized spacial score (nSPS) is 14.9. The molecular formula is C17H22FN5O2. The first-order chi connectivity index (χ1) is 12.1. The van der Waals surface area contributed by atoms with Crippen LogP contribution in [0.15, 0.2) is 23.2 Å². The predicted molar refractivity (Wildman–Crippen MR) is 91.5 cm³/mol. The van der Waals surface area contributed by atoms with Crippen LogP contribution in [0.4, 0.5) is 9.18 Å². The number of carbonyl (C=O) groups is 1. The van der Waals surface area contributed by atoms with E-state index in [1.54, 1.807) is 31.0 Å². The molecule has 1 aromatic rings. The summed E-state index contributed by atoms with van der Waals surface area (Å²) in [5, 5.41) is 11.9. The third-order valence-corrected chi connectivity index (χ3v) is 3.94. The van der Waals surface area contributed by atoms with Crippen molar-refractivity contribution < 1.29 is 13.9 Å². The number of amides is 1. The number of rotatable bonds is 3. The molecule has 1 aliphatic heterocycles. The van der Waals surface area contributed by atoms with Gasteiger partial charge in [0, 0.05) is 45.3 Å². The van der Waals surface area contributed by atoms with Crippen molar-refractivity contribution in [2.24, 2.45) is 4.99 Å². The number of aliphatic imine (C=N–C) groups is 1. The van der Waals surface area contributed by atoms with Crippen molar-refractivity contribution in [2.75, 3.05) is 39.8 Å². The van der Waals surface area contributed by atoms with E-state index in [0.29, 0.717) is 49.9 Å². The molecule has 0 aliphatic carbocycles. The number of nitrogens with one attached hydrogen (secondary N) is 1. The Morgan fingerprint density at radius 2 is 2.04 bits per heavy atom. The van der Waals surface area contributed by atoms with E-state index >= 15 is 0 Å². The summed E-state index contributed by atoms with van der Waals surface area (Å²) < 4.78 is 18.9. The maximum atomic E-state index is 13.9. The second-order valence-corrected chi connectivity index (χ2v) is 5.49. The number of ether oxygens (including phenoxy) is 1. The van der Waals surface area contributed by atoms with Crippen molar-refractivity contribution in [1.29, 1.82) is 5.26 Å². The Morgan fingerprint density at radius 1 is 1.36 bits per heavy atom. The fourth-order valence-electron chi connectivity index (χ4n) is 2.58. The zero-order chi connectivity index (χ0) is 18.2. The number of hydrogen-bond acceptors (Lipinski definition) is 4. The number of carbonyl (C=O) groups excluding carboxylic acids is 1. The first kappa shape index (κ1) is 18.5. The molecule has 7 nitrogen and oxygen atoms in total.